The summed E-state index contributed by atoms with van der Waals surface area (Å²) < 4.78 is 7.45. The molecule has 0 aliphatic heterocycles. The predicted molar refractivity (Wildman–Crippen MR) is 119 cm³/mol. The maximum Gasteiger partial charge on any atom is 0.234 e. The second kappa shape index (κ2) is 9.19. The van der Waals surface area contributed by atoms with Crippen LogP contribution in [0, 0.1) is 6.92 Å². The molecule has 8 heteroatoms. The number of hydrogen-bond acceptors (Lipinski definition) is 5. The fourth-order valence-corrected chi connectivity index (χ4v) is 3.84. The van der Waals surface area contributed by atoms with Gasteiger partial charge in [-0.05, 0) is 42.8 Å². The van der Waals surface area contributed by atoms with Gasteiger partial charge in [-0.15, -0.1) is 10.2 Å². The molecule has 2 aromatic carbocycles. The minimum atomic E-state index is -0.127. The van der Waals surface area contributed by atoms with E-state index in [0.717, 1.165) is 16.9 Å². The number of halogens is 1. The van der Waals surface area contributed by atoms with Crippen LogP contribution in [-0.4, -0.2) is 26.4 Å². The Balaban J connectivity index is 1.53. The molecule has 1 N–H and O–H groups in total. The number of furan rings is 1. The van der Waals surface area contributed by atoms with Gasteiger partial charge in [-0.25, -0.2) is 0 Å². The lowest BCUT2D eigenvalue weighted by atomic mass is 10.2. The Hall–Kier alpha value is -3.03. The van der Waals surface area contributed by atoms with Gasteiger partial charge in [0, 0.05) is 10.7 Å². The van der Waals surface area contributed by atoms with Crippen molar-refractivity contribution in [1.29, 1.82) is 0 Å². The van der Waals surface area contributed by atoms with Crippen molar-refractivity contribution in [3.8, 4) is 11.4 Å². The molecule has 6 nitrogen and oxygen atoms in total. The lowest BCUT2D eigenvalue weighted by Crippen LogP contribution is -2.14. The zero-order valence-electron chi connectivity index (χ0n) is 16.2. The first-order valence-electron chi connectivity index (χ1n) is 9.30. The highest BCUT2D eigenvalue weighted by atomic mass is 35.5. The third-order valence-electron chi connectivity index (χ3n) is 4.46. The summed E-state index contributed by atoms with van der Waals surface area (Å²) in [4.78, 5) is 12.4. The van der Waals surface area contributed by atoms with Crippen LogP contribution in [0.2, 0.25) is 5.02 Å². The van der Waals surface area contributed by atoms with Crippen LogP contribution in [0.1, 0.15) is 11.3 Å². The van der Waals surface area contributed by atoms with E-state index in [1.807, 2.05) is 47.9 Å². The van der Waals surface area contributed by atoms with Crippen molar-refractivity contribution in [3.05, 3.63) is 83.3 Å². The molecule has 0 atom stereocenters. The third-order valence-corrected chi connectivity index (χ3v) is 5.68. The topological polar surface area (TPSA) is 72.9 Å². The highest BCUT2D eigenvalue weighted by molar-refractivity contribution is 7.99. The molecule has 2 aromatic heterocycles. The number of nitrogens with one attached hydrogen (secondary N) is 1. The number of benzene rings is 2. The number of carbonyl (C=O) groups excluding carboxylic acids is 1. The van der Waals surface area contributed by atoms with Crippen molar-refractivity contribution in [2.24, 2.45) is 0 Å². The Labute approximate surface area is 183 Å². The van der Waals surface area contributed by atoms with Gasteiger partial charge in [0.2, 0.25) is 5.91 Å². The van der Waals surface area contributed by atoms with Crippen LogP contribution in [0.5, 0.6) is 0 Å². The van der Waals surface area contributed by atoms with Crippen LogP contribution < -0.4 is 5.32 Å². The fourth-order valence-electron chi connectivity index (χ4n) is 2.98. The summed E-state index contributed by atoms with van der Waals surface area (Å²) in [7, 11) is 0. The van der Waals surface area contributed by atoms with Gasteiger partial charge < -0.3 is 9.73 Å². The number of rotatable bonds is 7. The summed E-state index contributed by atoms with van der Waals surface area (Å²) in [6.45, 7) is 2.48. The molecule has 0 unspecified atom stereocenters. The minimum absolute atomic E-state index is 0.127. The highest BCUT2D eigenvalue weighted by Gasteiger charge is 2.18. The van der Waals surface area contributed by atoms with E-state index in [0.29, 0.717) is 28.2 Å². The van der Waals surface area contributed by atoms with Gasteiger partial charge in [0.15, 0.2) is 11.0 Å². The van der Waals surface area contributed by atoms with Gasteiger partial charge in [-0.1, -0.05) is 53.7 Å². The maximum atomic E-state index is 12.4. The maximum absolute atomic E-state index is 12.4. The third kappa shape index (κ3) is 4.75. The van der Waals surface area contributed by atoms with Gasteiger partial charge in [0.25, 0.3) is 0 Å². The molecule has 0 aliphatic carbocycles. The molecule has 0 bridgehead atoms. The van der Waals surface area contributed by atoms with Crippen molar-refractivity contribution < 1.29 is 9.21 Å². The molecule has 0 aliphatic rings. The van der Waals surface area contributed by atoms with Crippen LogP contribution in [0.3, 0.4) is 0 Å². The number of thioether (sulfide) groups is 1. The van der Waals surface area contributed by atoms with Gasteiger partial charge >= 0.3 is 0 Å². The second-order valence-electron chi connectivity index (χ2n) is 6.61. The van der Waals surface area contributed by atoms with Crippen molar-refractivity contribution in [1.82, 2.24) is 14.8 Å². The molecule has 0 spiro atoms. The number of aryl methyl sites for hydroxylation is 1. The molecule has 30 heavy (non-hydrogen) atoms. The van der Waals surface area contributed by atoms with E-state index >= 15 is 0 Å². The smallest absolute Gasteiger partial charge is 0.234 e. The molecule has 4 aromatic rings. The van der Waals surface area contributed by atoms with E-state index in [9.17, 15) is 4.79 Å². The number of anilines is 1. The summed E-state index contributed by atoms with van der Waals surface area (Å²) in [5.74, 6) is 1.57. The van der Waals surface area contributed by atoms with E-state index in [1.165, 1.54) is 11.8 Å². The Morgan fingerprint density at radius 3 is 2.57 bits per heavy atom. The molecule has 1 amide bonds. The van der Waals surface area contributed by atoms with E-state index in [4.69, 9.17) is 16.0 Å². The quantitative estimate of drug-likeness (QED) is 0.397. The summed E-state index contributed by atoms with van der Waals surface area (Å²) in [6.07, 6.45) is 1.64. The van der Waals surface area contributed by atoms with E-state index in [-0.39, 0.29) is 11.7 Å². The van der Waals surface area contributed by atoms with Crippen LogP contribution in [-0.2, 0) is 11.3 Å². The monoisotopic (exact) mass is 438 g/mol. The number of nitrogens with zero attached hydrogens (tertiary/aromatic N) is 3. The van der Waals surface area contributed by atoms with Crippen molar-refractivity contribution in [2.75, 3.05) is 11.1 Å². The first-order chi connectivity index (χ1) is 14.6. The number of aromatic nitrogens is 3. The van der Waals surface area contributed by atoms with Gasteiger partial charge in [0.05, 0.1) is 24.1 Å². The summed E-state index contributed by atoms with van der Waals surface area (Å²) in [5, 5.41) is 12.9. The van der Waals surface area contributed by atoms with Crippen LogP contribution in [0.15, 0.2) is 76.5 Å². The lowest BCUT2D eigenvalue weighted by molar-refractivity contribution is -0.113. The molecule has 0 fully saturated rings. The number of amides is 1. The van der Waals surface area contributed by atoms with E-state index in [2.05, 4.69) is 15.5 Å². The van der Waals surface area contributed by atoms with Crippen molar-refractivity contribution in [2.45, 2.75) is 18.6 Å². The fraction of sp³-hybridized carbons (Fsp3) is 0.136. The Morgan fingerprint density at radius 2 is 1.87 bits per heavy atom. The van der Waals surface area contributed by atoms with Crippen molar-refractivity contribution >= 4 is 35.0 Å². The zero-order chi connectivity index (χ0) is 20.9. The average Bonchev–Trinajstić information content (AvgIpc) is 3.34. The molecule has 0 radical (unpaired) electrons. The molecule has 4 rings (SSSR count). The first-order valence-corrected chi connectivity index (χ1v) is 10.7. The molecular formula is C22H19ClN4O2S. The van der Waals surface area contributed by atoms with Crippen LogP contribution >= 0.6 is 23.4 Å². The minimum Gasteiger partial charge on any atom is -0.469 e. The Kier molecular flexibility index (Phi) is 6.21. The standard InChI is InChI=1S/C22H19ClN4O2S/c1-15-19(11-12-29-15)21-25-26-22(27(21)13-16-5-3-2-4-6-16)30-14-20(28)24-18-9-7-17(23)8-10-18/h2-12H,13-14H2,1H3,(H,24,28). The van der Waals surface area contributed by atoms with Gasteiger partial charge in [0.1, 0.15) is 5.76 Å². The number of hydrogen-bond donors (Lipinski definition) is 1. The molecule has 2 heterocycles. The summed E-state index contributed by atoms with van der Waals surface area (Å²) >= 11 is 7.23. The number of carbonyl (C=O) groups is 1. The first kappa shape index (κ1) is 20.3. The van der Waals surface area contributed by atoms with Gasteiger partial charge in [-0.2, -0.15) is 0 Å². The lowest BCUT2D eigenvalue weighted by Gasteiger charge is -2.10. The molecule has 0 saturated carbocycles. The largest absolute Gasteiger partial charge is 0.469 e. The Morgan fingerprint density at radius 1 is 1.10 bits per heavy atom. The van der Waals surface area contributed by atoms with Crippen LogP contribution in [0.4, 0.5) is 5.69 Å². The summed E-state index contributed by atoms with van der Waals surface area (Å²) in [6, 6.07) is 19.0. The zero-order valence-corrected chi connectivity index (χ0v) is 17.8. The highest BCUT2D eigenvalue weighted by Crippen LogP contribution is 2.28. The van der Waals surface area contributed by atoms with E-state index in [1.54, 1.807) is 30.5 Å². The molecular weight excluding hydrogens is 420 g/mol. The van der Waals surface area contributed by atoms with E-state index < -0.39 is 0 Å². The summed E-state index contributed by atoms with van der Waals surface area (Å²) in [5.41, 5.74) is 2.70. The predicted octanol–water partition coefficient (Wildman–Crippen LogP) is 5.28. The molecule has 152 valence electrons. The second-order valence-corrected chi connectivity index (χ2v) is 7.99. The van der Waals surface area contributed by atoms with Crippen LogP contribution in [0.25, 0.3) is 11.4 Å². The van der Waals surface area contributed by atoms with Gasteiger partial charge in [-0.3, -0.25) is 9.36 Å². The molecule has 0 saturated heterocycles. The van der Waals surface area contributed by atoms with Crippen molar-refractivity contribution in [3.63, 3.8) is 0 Å². The Bertz CT molecular complexity index is 1140. The average molecular weight is 439 g/mol. The SMILES string of the molecule is Cc1occc1-c1nnc(SCC(=O)Nc2ccc(Cl)cc2)n1Cc1ccccc1. The normalized spacial score (nSPS) is 10.9.